The molecule has 3 heterocycles. The first-order valence-electron chi connectivity index (χ1n) is 9.29. The molecule has 1 aliphatic heterocycles. The summed E-state index contributed by atoms with van der Waals surface area (Å²) in [7, 11) is 0. The number of fused-ring (bicyclic) bond motifs is 1. The van der Waals surface area contributed by atoms with Crippen molar-refractivity contribution in [2.45, 2.75) is 51.5 Å². The van der Waals surface area contributed by atoms with E-state index in [4.69, 9.17) is 0 Å². The number of nitrogens with zero attached hydrogens (tertiary/aromatic N) is 4. The van der Waals surface area contributed by atoms with Gasteiger partial charge in [-0.05, 0) is 26.2 Å². The average molecular weight is 356 g/mol. The number of aromatic amines is 1. The lowest BCUT2D eigenvalue weighted by Gasteiger charge is -2.22. The topological polar surface area (TPSA) is 95.9 Å². The second kappa shape index (κ2) is 6.93. The van der Waals surface area contributed by atoms with Gasteiger partial charge < -0.3 is 9.88 Å². The summed E-state index contributed by atoms with van der Waals surface area (Å²) in [6, 6.07) is 0.229. The monoisotopic (exact) mass is 356 g/mol. The van der Waals surface area contributed by atoms with Crippen molar-refractivity contribution in [2.24, 2.45) is 0 Å². The molecule has 2 aromatic rings. The minimum atomic E-state index is -0.142. The molecular weight excluding hydrogens is 332 g/mol. The lowest BCUT2D eigenvalue weighted by Crippen LogP contribution is -2.37. The van der Waals surface area contributed by atoms with Gasteiger partial charge in [-0.25, -0.2) is 14.5 Å². The van der Waals surface area contributed by atoms with E-state index in [1.54, 1.807) is 4.90 Å². The van der Waals surface area contributed by atoms with E-state index >= 15 is 0 Å². The molecule has 0 aromatic carbocycles. The number of aromatic nitrogens is 4. The molecule has 2 amide bonds. The number of H-pyrrole nitrogens is 1. The second-order valence-electron chi connectivity index (χ2n) is 7.13. The first-order valence-corrected chi connectivity index (χ1v) is 9.29. The highest BCUT2D eigenvalue weighted by Gasteiger charge is 2.25. The van der Waals surface area contributed by atoms with E-state index < -0.39 is 0 Å². The van der Waals surface area contributed by atoms with Gasteiger partial charge in [-0.3, -0.25) is 10.1 Å². The van der Waals surface area contributed by atoms with Gasteiger partial charge in [0.25, 0.3) is 5.56 Å². The van der Waals surface area contributed by atoms with Crippen LogP contribution in [0.2, 0.25) is 0 Å². The summed E-state index contributed by atoms with van der Waals surface area (Å²) in [4.78, 5) is 33.4. The number of hydrogen-bond donors (Lipinski definition) is 2. The maximum atomic E-state index is 12.8. The normalized spacial score (nSPS) is 17.8. The second-order valence-corrected chi connectivity index (χ2v) is 7.13. The van der Waals surface area contributed by atoms with Gasteiger partial charge in [0.05, 0.1) is 24.3 Å². The summed E-state index contributed by atoms with van der Waals surface area (Å²) in [6.07, 6.45) is 9.00. The summed E-state index contributed by atoms with van der Waals surface area (Å²) >= 11 is 0. The molecule has 2 aromatic heterocycles. The van der Waals surface area contributed by atoms with E-state index in [2.05, 4.69) is 20.4 Å². The van der Waals surface area contributed by atoms with Gasteiger partial charge in [-0.1, -0.05) is 12.8 Å². The van der Waals surface area contributed by atoms with Gasteiger partial charge in [0.2, 0.25) is 0 Å². The fourth-order valence-electron chi connectivity index (χ4n) is 3.95. The Morgan fingerprint density at radius 1 is 1.27 bits per heavy atom. The van der Waals surface area contributed by atoms with Crippen molar-refractivity contribution in [3.63, 3.8) is 0 Å². The van der Waals surface area contributed by atoms with Crippen LogP contribution in [0.5, 0.6) is 0 Å². The Hall–Kier alpha value is -2.64. The maximum Gasteiger partial charge on any atom is 0.323 e. The number of amides is 2. The number of carbonyl (C=O) groups is 1. The lowest BCUT2D eigenvalue weighted by molar-refractivity contribution is 0.214. The van der Waals surface area contributed by atoms with E-state index in [0.29, 0.717) is 37.5 Å². The third kappa shape index (κ3) is 3.11. The zero-order chi connectivity index (χ0) is 18.1. The minimum absolute atomic E-state index is 0.104. The highest BCUT2D eigenvalue weighted by Crippen LogP contribution is 2.32. The first kappa shape index (κ1) is 16.8. The standard InChI is InChI=1S/C18H24N6O2/c1-12-10-21-24(13-4-2-3-5-13)16(12)22-18(26)23-8-6-14-15(7-9-23)19-11-20-17(14)25/h10-11,13H,2-9H2,1H3,(H,22,26)(H,19,20,25). The average Bonchev–Trinajstić information content (AvgIpc) is 3.21. The van der Waals surface area contributed by atoms with Crippen molar-refractivity contribution >= 4 is 11.8 Å². The van der Waals surface area contributed by atoms with Crippen molar-refractivity contribution < 1.29 is 4.79 Å². The van der Waals surface area contributed by atoms with Crippen molar-refractivity contribution in [3.8, 4) is 0 Å². The van der Waals surface area contributed by atoms with Crippen molar-refractivity contribution in [3.05, 3.63) is 39.7 Å². The Kier molecular flexibility index (Phi) is 4.48. The van der Waals surface area contributed by atoms with Crippen LogP contribution >= 0.6 is 0 Å². The van der Waals surface area contributed by atoms with E-state index in [0.717, 1.165) is 29.9 Å². The Bertz CT molecular complexity index is 865. The largest absolute Gasteiger partial charge is 0.324 e. The van der Waals surface area contributed by atoms with Crippen molar-refractivity contribution in [1.29, 1.82) is 0 Å². The van der Waals surface area contributed by atoms with Gasteiger partial charge in [0.1, 0.15) is 5.82 Å². The van der Waals surface area contributed by atoms with Crippen LogP contribution in [-0.2, 0) is 12.8 Å². The van der Waals surface area contributed by atoms with Gasteiger partial charge in [0.15, 0.2) is 0 Å². The van der Waals surface area contributed by atoms with Crippen LogP contribution in [0.3, 0.4) is 0 Å². The Morgan fingerprint density at radius 3 is 2.85 bits per heavy atom. The van der Waals surface area contributed by atoms with E-state index in [1.807, 2.05) is 17.8 Å². The first-order chi connectivity index (χ1) is 12.6. The number of aryl methyl sites for hydroxylation is 1. The van der Waals surface area contributed by atoms with Gasteiger partial charge in [-0.15, -0.1) is 0 Å². The molecule has 0 atom stereocenters. The molecule has 0 spiro atoms. The van der Waals surface area contributed by atoms with Crippen LogP contribution in [0.1, 0.15) is 48.5 Å². The number of hydrogen-bond acceptors (Lipinski definition) is 4. The molecule has 1 saturated carbocycles. The van der Waals surface area contributed by atoms with E-state index in [1.165, 1.54) is 19.2 Å². The molecule has 2 aliphatic rings. The molecule has 1 aliphatic carbocycles. The SMILES string of the molecule is Cc1cnn(C2CCCC2)c1NC(=O)N1CCc2nc[nH]c(=O)c2CC1. The van der Waals surface area contributed by atoms with Gasteiger partial charge in [-0.2, -0.15) is 5.10 Å². The summed E-state index contributed by atoms with van der Waals surface area (Å²) in [5.41, 5.74) is 2.35. The molecule has 8 heteroatoms. The van der Waals surface area contributed by atoms with Crippen molar-refractivity contribution in [2.75, 3.05) is 18.4 Å². The molecule has 2 N–H and O–H groups in total. The summed E-state index contributed by atoms with van der Waals surface area (Å²) in [5.74, 6) is 0.791. The highest BCUT2D eigenvalue weighted by atomic mass is 16.2. The van der Waals surface area contributed by atoms with E-state index in [9.17, 15) is 9.59 Å². The van der Waals surface area contributed by atoms with Crippen LogP contribution < -0.4 is 10.9 Å². The summed E-state index contributed by atoms with van der Waals surface area (Å²) < 4.78 is 1.97. The van der Waals surface area contributed by atoms with Crippen LogP contribution in [0.25, 0.3) is 0 Å². The van der Waals surface area contributed by atoms with Crippen LogP contribution in [0.15, 0.2) is 17.3 Å². The molecule has 138 valence electrons. The lowest BCUT2D eigenvalue weighted by atomic mass is 10.1. The van der Waals surface area contributed by atoms with Crippen LogP contribution in [-0.4, -0.2) is 43.8 Å². The van der Waals surface area contributed by atoms with Crippen LogP contribution in [0, 0.1) is 6.92 Å². The maximum absolute atomic E-state index is 12.8. The predicted molar refractivity (Wildman–Crippen MR) is 97.3 cm³/mol. The number of urea groups is 1. The molecule has 26 heavy (non-hydrogen) atoms. The third-order valence-electron chi connectivity index (χ3n) is 5.45. The molecule has 8 nitrogen and oxygen atoms in total. The van der Waals surface area contributed by atoms with Crippen molar-refractivity contribution in [1.82, 2.24) is 24.6 Å². The molecule has 4 rings (SSSR count). The number of nitrogens with one attached hydrogen (secondary N) is 2. The summed E-state index contributed by atoms with van der Waals surface area (Å²) in [5, 5.41) is 7.54. The zero-order valence-corrected chi connectivity index (χ0v) is 15.0. The minimum Gasteiger partial charge on any atom is -0.324 e. The quantitative estimate of drug-likeness (QED) is 0.860. The van der Waals surface area contributed by atoms with E-state index in [-0.39, 0.29) is 11.6 Å². The van der Waals surface area contributed by atoms with Gasteiger partial charge in [0, 0.05) is 30.6 Å². The molecule has 0 unspecified atom stereocenters. The molecule has 1 fully saturated rings. The third-order valence-corrected chi connectivity index (χ3v) is 5.45. The molecule has 0 bridgehead atoms. The number of rotatable bonds is 2. The number of anilines is 1. The number of carbonyl (C=O) groups excluding carboxylic acids is 1. The highest BCUT2D eigenvalue weighted by molar-refractivity contribution is 5.89. The fourth-order valence-corrected chi connectivity index (χ4v) is 3.95. The molecular formula is C18H24N6O2. The zero-order valence-electron chi connectivity index (χ0n) is 15.0. The predicted octanol–water partition coefficient (Wildman–Crippen LogP) is 2.02. The molecule has 0 radical (unpaired) electrons. The smallest absolute Gasteiger partial charge is 0.323 e. The fraction of sp³-hybridized carbons (Fsp3) is 0.556. The molecule has 0 saturated heterocycles. The Morgan fingerprint density at radius 2 is 2.04 bits per heavy atom. The van der Waals surface area contributed by atoms with Crippen LogP contribution in [0.4, 0.5) is 10.6 Å². The van der Waals surface area contributed by atoms with Gasteiger partial charge >= 0.3 is 6.03 Å². The summed E-state index contributed by atoms with van der Waals surface area (Å²) in [6.45, 7) is 3.02. The Labute approximate surface area is 151 Å². The Balaban J connectivity index is 1.49.